The van der Waals surface area contributed by atoms with Crippen LogP contribution in [0.4, 0.5) is 0 Å². The molecule has 0 bridgehead atoms. The molecule has 0 aliphatic rings. The van der Waals surface area contributed by atoms with E-state index in [1.807, 2.05) is 12.1 Å². The van der Waals surface area contributed by atoms with Gasteiger partial charge in [-0.2, -0.15) is 0 Å². The fraction of sp³-hybridized carbons (Fsp3) is 0.500. The van der Waals surface area contributed by atoms with E-state index in [0.717, 1.165) is 12.0 Å². The second kappa shape index (κ2) is 6.20. The summed E-state index contributed by atoms with van der Waals surface area (Å²) in [5.41, 5.74) is 2.35. The molecule has 1 aromatic carbocycles. The number of aliphatic hydroxyl groups is 1. The van der Waals surface area contributed by atoms with Crippen LogP contribution in [0.15, 0.2) is 24.3 Å². The molecular formula is C12H17BrO. The lowest BCUT2D eigenvalue weighted by Gasteiger charge is -2.07. The molecule has 0 saturated carbocycles. The summed E-state index contributed by atoms with van der Waals surface area (Å²) in [7, 11) is 0. The zero-order chi connectivity index (χ0) is 10.4. The maximum Gasteiger partial charge on any atom is 0.0886 e. The topological polar surface area (TPSA) is 20.2 Å². The molecule has 0 fully saturated rings. The van der Waals surface area contributed by atoms with Crippen molar-refractivity contribution in [1.29, 1.82) is 0 Å². The van der Waals surface area contributed by atoms with Gasteiger partial charge in [-0.05, 0) is 24.0 Å². The average Bonchev–Trinajstić information content (AvgIpc) is 2.26. The van der Waals surface area contributed by atoms with Gasteiger partial charge >= 0.3 is 0 Å². The molecule has 1 aromatic rings. The largest absolute Gasteiger partial charge is 0.388 e. The summed E-state index contributed by atoms with van der Waals surface area (Å²) < 4.78 is 0. The minimum absolute atomic E-state index is 0.379. The number of unbranched alkanes of at least 4 members (excludes halogenated alkanes) is 1. The molecule has 0 amide bonds. The van der Waals surface area contributed by atoms with Gasteiger partial charge in [0.15, 0.2) is 0 Å². The lowest BCUT2D eigenvalue weighted by atomic mass is 10.0. The van der Waals surface area contributed by atoms with Crippen molar-refractivity contribution < 1.29 is 5.11 Å². The van der Waals surface area contributed by atoms with Crippen LogP contribution in [-0.2, 0) is 6.42 Å². The summed E-state index contributed by atoms with van der Waals surface area (Å²) in [5, 5.41) is 10.1. The molecule has 0 saturated heterocycles. The van der Waals surface area contributed by atoms with Crippen LogP contribution in [0, 0.1) is 0 Å². The van der Waals surface area contributed by atoms with Crippen molar-refractivity contribution in [3.05, 3.63) is 35.4 Å². The predicted octanol–water partition coefficient (Wildman–Crippen LogP) is 3.46. The normalized spacial score (nSPS) is 12.8. The highest BCUT2D eigenvalue weighted by Gasteiger charge is 2.04. The highest BCUT2D eigenvalue weighted by molar-refractivity contribution is 9.09. The van der Waals surface area contributed by atoms with E-state index in [2.05, 4.69) is 35.0 Å². The minimum atomic E-state index is -0.379. The second-order valence-corrected chi connectivity index (χ2v) is 4.16. The van der Waals surface area contributed by atoms with E-state index in [4.69, 9.17) is 0 Å². The van der Waals surface area contributed by atoms with Gasteiger partial charge in [-0.15, -0.1) is 0 Å². The Labute approximate surface area is 94.3 Å². The standard InChI is InChI=1S/C12H17BrO/c1-2-3-4-10-5-7-11(8-6-10)12(14)9-13/h5-8,12,14H,2-4,9H2,1H3/t12-/m1/s1. The second-order valence-electron chi connectivity index (χ2n) is 3.52. The van der Waals surface area contributed by atoms with Crippen LogP contribution in [0.3, 0.4) is 0 Å². The van der Waals surface area contributed by atoms with E-state index < -0.39 is 0 Å². The van der Waals surface area contributed by atoms with E-state index in [-0.39, 0.29) is 6.10 Å². The summed E-state index contributed by atoms with van der Waals surface area (Å²) in [6.45, 7) is 2.20. The number of benzene rings is 1. The third-order valence-corrected chi connectivity index (χ3v) is 2.94. The molecule has 0 aliphatic carbocycles. The molecule has 0 unspecified atom stereocenters. The first-order valence-electron chi connectivity index (χ1n) is 5.10. The lowest BCUT2D eigenvalue weighted by molar-refractivity contribution is 0.205. The zero-order valence-corrected chi connectivity index (χ0v) is 10.1. The molecule has 14 heavy (non-hydrogen) atoms. The Hall–Kier alpha value is -0.340. The maximum absolute atomic E-state index is 9.55. The Morgan fingerprint density at radius 2 is 1.93 bits per heavy atom. The number of halogens is 1. The molecule has 0 aliphatic heterocycles. The van der Waals surface area contributed by atoms with E-state index in [9.17, 15) is 5.11 Å². The molecular weight excluding hydrogens is 240 g/mol. The summed E-state index contributed by atoms with van der Waals surface area (Å²) in [6.07, 6.45) is 3.23. The van der Waals surface area contributed by atoms with Crippen LogP contribution in [0.5, 0.6) is 0 Å². The predicted molar refractivity (Wildman–Crippen MR) is 63.8 cm³/mol. The third kappa shape index (κ3) is 3.43. The minimum Gasteiger partial charge on any atom is -0.388 e. The molecule has 0 heterocycles. The first-order chi connectivity index (χ1) is 6.77. The highest BCUT2D eigenvalue weighted by Crippen LogP contribution is 2.16. The number of aryl methyl sites for hydroxylation is 1. The van der Waals surface area contributed by atoms with E-state index in [1.54, 1.807) is 0 Å². The molecule has 78 valence electrons. The van der Waals surface area contributed by atoms with E-state index >= 15 is 0 Å². The fourth-order valence-electron chi connectivity index (χ4n) is 1.38. The van der Waals surface area contributed by atoms with E-state index in [0.29, 0.717) is 5.33 Å². The first kappa shape index (κ1) is 11.7. The van der Waals surface area contributed by atoms with Gasteiger partial charge in [-0.3, -0.25) is 0 Å². The Morgan fingerprint density at radius 1 is 1.29 bits per heavy atom. The summed E-state index contributed by atoms with van der Waals surface area (Å²) in [5.74, 6) is 0. The maximum atomic E-state index is 9.55. The smallest absolute Gasteiger partial charge is 0.0886 e. The van der Waals surface area contributed by atoms with Crippen molar-refractivity contribution in [3.8, 4) is 0 Å². The molecule has 0 radical (unpaired) electrons. The molecule has 1 N–H and O–H groups in total. The summed E-state index contributed by atoms with van der Waals surface area (Å²) in [4.78, 5) is 0. The Kier molecular flexibility index (Phi) is 5.20. The summed E-state index contributed by atoms with van der Waals surface area (Å²) in [6, 6.07) is 8.24. The number of hydrogen-bond acceptors (Lipinski definition) is 1. The Bertz CT molecular complexity index is 256. The van der Waals surface area contributed by atoms with Crippen molar-refractivity contribution in [3.63, 3.8) is 0 Å². The molecule has 0 aromatic heterocycles. The SMILES string of the molecule is CCCCc1ccc([C@H](O)CBr)cc1. The van der Waals surface area contributed by atoms with Crippen molar-refractivity contribution in [2.45, 2.75) is 32.3 Å². The fourth-order valence-corrected chi connectivity index (χ4v) is 1.75. The summed E-state index contributed by atoms with van der Waals surface area (Å²) >= 11 is 3.26. The molecule has 1 atom stereocenters. The van der Waals surface area contributed by atoms with Crippen molar-refractivity contribution >= 4 is 15.9 Å². The quantitative estimate of drug-likeness (QED) is 0.801. The van der Waals surface area contributed by atoms with Gasteiger partial charge in [0.05, 0.1) is 6.10 Å². The van der Waals surface area contributed by atoms with Crippen molar-refractivity contribution in [1.82, 2.24) is 0 Å². The van der Waals surface area contributed by atoms with Crippen LogP contribution in [-0.4, -0.2) is 10.4 Å². The number of hydrogen-bond donors (Lipinski definition) is 1. The van der Waals surface area contributed by atoms with Gasteiger partial charge in [-0.25, -0.2) is 0 Å². The van der Waals surface area contributed by atoms with Gasteiger partial charge in [-0.1, -0.05) is 53.5 Å². The van der Waals surface area contributed by atoms with Crippen molar-refractivity contribution in [2.75, 3.05) is 5.33 Å². The average molecular weight is 257 g/mol. The van der Waals surface area contributed by atoms with E-state index in [1.165, 1.54) is 18.4 Å². The van der Waals surface area contributed by atoms with Gasteiger partial charge in [0, 0.05) is 5.33 Å². The van der Waals surface area contributed by atoms with Crippen LogP contribution in [0.1, 0.15) is 37.0 Å². The molecule has 2 heteroatoms. The Morgan fingerprint density at radius 3 is 2.43 bits per heavy atom. The first-order valence-corrected chi connectivity index (χ1v) is 6.23. The Balaban J connectivity index is 2.59. The third-order valence-electron chi connectivity index (χ3n) is 2.33. The van der Waals surface area contributed by atoms with Crippen LogP contribution in [0.25, 0.3) is 0 Å². The van der Waals surface area contributed by atoms with Gasteiger partial charge in [0.25, 0.3) is 0 Å². The van der Waals surface area contributed by atoms with Gasteiger partial charge in [0.2, 0.25) is 0 Å². The number of rotatable bonds is 5. The molecule has 0 spiro atoms. The van der Waals surface area contributed by atoms with Crippen molar-refractivity contribution in [2.24, 2.45) is 0 Å². The van der Waals surface area contributed by atoms with Crippen LogP contribution >= 0.6 is 15.9 Å². The molecule has 1 rings (SSSR count). The monoisotopic (exact) mass is 256 g/mol. The highest BCUT2D eigenvalue weighted by atomic mass is 79.9. The lowest BCUT2D eigenvalue weighted by Crippen LogP contribution is -1.98. The molecule has 1 nitrogen and oxygen atoms in total. The van der Waals surface area contributed by atoms with Crippen LogP contribution in [0.2, 0.25) is 0 Å². The number of alkyl halides is 1. The van der Waals surface area contributed by atoms with Crippen LogP contribution < -0.4 is 0 Å². The van der Waals surface area contributed by atoms with Gasteiger partial charge in [0.1, 0.15) is 0 Å². The zero-order valence-electron chi connectivity index (χ0n) is 8.54. The van der Waals surface area contributed by atoms with Gasteiger partial charge < -0.3 is 5.11 Å². The number of aliphatic hydroxyl groups excluding tert-OH is 1.